The summed E-state index contributed by atoms with van der Waals surface area (Å²) in [7, 11) is 1.62. The molecule has 0 saturated carbocycles. The molecule has 0 bridgehead atoms. The lowest BCUT2D eigenvalue weighted by molar-refractivity contribution is 0.0872. The van der Waals surface area contributed by atoms with Crippen LogP contribution in [0.25, 0.3) is 6.08 Å². The van der Waals surface area contributed by atoms with E-state index in [1.807, 2.05) is 37.3 Å². The molecule has 32 heavy (non-hydrogen) atoms. The third-order valence-electron chi connectivity index (χ3n) is 5.91. The predicted molar refractivity (Wildman–Crippen MR) is 123 cm³/mol. The van der Waals surface area contributed by atoms with Gasteiger partial charge in [-0.15, -0.1) is 0 Å². The third kappa shape index (κ3) is 3.76. The second kappa shape index (κ2) is 8.17. The molecule has 2 aliphatic heterocycles. The van der Waals surface area contributed by atoms with Crippen LogP contribution < -0.4 is 14.2 Å². The van der Waals surface area contributed by atoms with Crippen LogP contribution in [0.1, 0.15) is 38.2 Å². The highest BCUT2D eigenvalue weighted by atomic mass is 16.5. The SMILES string of the molecule is COc1cccc(/C=C2\Oc3c4c(cc(C)c3C2=O)OCN(Cc2ccc(C)cc2)C4)c1. The molecule has 5 rings (SSSR count). The Hall–Kier alpha value is -3.57. The molecular formula is C27H25NO4. The number of carbonyl (C=O) groups is 1. The summed E-state index contributed by atoms with van der Waals surface area (Å²) >= 11 is 0. The lowest BCUT2D eigenvalue weighted by atomic mass is 9.98. The van der Waals surface area contributed by atoms with E-state index in [2.05, 4.69) is 36.1 Å². The molecule has 2 aliphatic rings. The Morgan fingerprint density at radius 2 is 1.91 bits per heavy atom. The van der Waals surface area contributed by atoms with Gasteiger partial charge in [-0.05, 0) is 54.8 Å². The number of nitrogens with zero attached hydrogens (tertiary/aromatic N) is 1. The highest BCUT2D eigenvalue weighted by molar-refractivity contribution is 6.15. The minimum atomic E-state index is -0.0984. The number of hydrogen-bond donors (Lipinski definition) is 0. The van der Waals surface area contributed by atoms with Crippen molar-refractivity contribution in [2.24, 2.45) is 0 Å². The predicted octanol–water partition coefficient (Wildman–Crippen LogP) is 5.28. The number of hydrogen-bond acceptors (Lipinski definition) is 5. The molecule has 0 N–H and O–H groups in total. The maximum absolute atomic E-state index is 13.2. The van der Waals surface area contributed by atoms with E-state index < -0.39 is 0 Å². The van der Waals surface area contributed by atoms with Crippen LogP contribution >= 0.6 is 0 Å². The van der Waals surface area contributed by atoms with Gasteiger partial charge in [0.15, 0.2) is 5.76 Å². The number of allylic oxidation sites excluding steroid dienone is 1. The van der Waals surface area contributed by atoms with Gasteiger partial charge < -0.3 is 14.2 Å². The molecule has 0 aliphatic carbocycles. The number of Topliss-reactive ketones (excluding diaryl/α,β-unsaturated/α-hetero) is 1. The number of fused-ring (bicyclic) bond motifs is 3. The Morgan fingerprint density at radius 1 is 1.09 bits per heavy atom. The smallest absolute Gasteiger partial charge is 0.232 e. The molecule has 0 unspecified atom stereocenters. The summed E-state index contributed by atoms with van der Waals surface area (Å²) in [6, 6.07) is 18.0. The summed E-state index contributed by atoms with van der Waals surface area (Å²) in [6.07, 6.45) is 1.77. The Kier molecular flexibility index (Phi) is 5.19. The first kappa shape index (κ1) is 20.3. The van der Waals surface area contributed by atoms with E-state index in [0.717, 1.165) is 34.7 Å². The summed E-state index contributed by atoms with van der Waals surface area (Å²) in [5.41, 5.74) is 5.73. The average Bonchev–Trinajstić information content (AvgIpc) is 3.13. The van der Waals surface area contributed by atoms with Gasteiger partial charge in [0.2, 0.25) is 5.78 Å². The zero-order valence-corrected chi connectivity index (χ0v) is 18.5. The molecule has 0 amide bonds. The molecule has 2 heterocycles. The minimum absolute atomic E-state index is 0.0984. The molecule has 5 heteroatoms. The van der Waals surface area contributed by atoms with Crippen LogP contribution in [0.5, 0.6) is 17.2 Å². The second-order valence-corrected chi connectivity index (χ2v) is 8.34. The fraction of sp³-hybridized carbons (Fsp3) is 0.222. The van der Waals surface area contributed by atoms with Crippen molar-refractivity contribution in [1.82, 2.24) is 4.90 Å². The summed E-state index contributed by atoms with van der Waals surface area (Å²) < 4.78 is 17.5. The van der Waals surface area contributed by atoms with E-state index in [1.54, 1.807) is 13.2 Å². The van der Waals surface area contributed by atoms with Crippen molar-refractivity contribution < 1.29 is 19.0 Å². The fourth-order valence-electron chi connectivity index (χ4n) is 4.21. The van der Waals surface area contributed by atoms with E-state index in [-0.39, 0.29) is 5.78 Å². The van der Waals surface area contributed by atoms with Gasteiger partial charge in [0.1, 0.15) is 24.0 Å². The number of aryl methyl sites for hydroxylation is 2. The zero-order chi connectivity index (χ0) is 22.2. The molecule has 0 radical (unpaired) electrons. The number of benzene rings is 3. The van der Waals surface area contributed by atoms with Gasteiger partial charge in [-0.1, -0.05) is 42.0 Å². The first-order chi connectivity index (χ1) is 15.5. The highest BCUT2D eigenvalue weighted by Crippen LogP contribution is 2.44. The van der Waals surface area contributed by atoms with Crippen molar-refractivity contribution in [3.63, 3.8) is 0 Å². The summed E-state index contributed by atoms with van der Waals surface area (Å²) in [5.74, 6) is 2.36. The van der Waals surface area contributed by atoms with E-state index >= 15 is 0 Å². The molecule has 0 fully saturated rings. The first-order valence-electron chi connectivity index (χ1n) is 10.7. The van der Waals surface area contributed by atoms with Crippen LogP contribution in [-0.2, 0) is 13.1 Å². The molecule has 0 saturated heterocycles. The van der Waals surface area contributed by atoms with Crippen molar-refractivity contribution in [1.29, 1.82) is 0 Å². The normalized spacial score (nSPS) is 16.3. The number of ether oxygens (including phenoxy) is 3. The highest BCUT2D eigenvalue weighted by Gasteiger charge is 2.35. The lowest BCUT2D eigenvalue weighted by Gasteiger charge is -2.30. The summed E-state index contributed by atoms with van der Waals surface area (Å²) in [5, 5.41) is 0. The zero-order valence-electron chi connectivity index (χ0n) is 18.5. The standard InChI is InChI=1S/C27H25NO4/c1-17-7-9-19(10-8-17)14-28-15-22-23(31-16-28)11-18(2)25-26(29)24(32-27(22)25)13-20-5-4-6-21(12-20)30-3/h4-13H,14-16H2,1-3H3/b24-13-. The van der Waals surface area contributed by atoms with Crippen molar-refractivity contribution in [2.45, 2.75) is 26.9 Å². The van der Waals surface area contributed by atoms with E-state index in [1.165, 1.54) is 11.1 Å². The van der Waals surface area contributed by atoms with Gasteiger partial charge in [0.05, 0.1) is 18.2 Å². The van der Waals surface area contributed by atoms with Crippen LogP contribution in [0, 0.1) is 13.8 Å². The molecule has 0 atom stereocenters. The summed E-state index contributed by atoms with van der Waals surface area (Å²) in [6.45, 7) is 5.94. The van der Waals surface area contributed by atoms with Gasteiger partial charge in [-0.25, -0.2) is 0 Å². The van der Waals surface area contributed by atoms with Crippen LogP contribution in [0.15, 0.2) is 60.4 Å². The Labute approximate surface area is 187 Å². The second-order valence-electron chi connectivity index (χ2n) is 8.34. The molecule has 0 spiro atoms. The Morgan fingerprint density at radius 3 is 2.69 bits per heavy atom. The Bertz CT molecular complexity index is 1230. The topological polar surface area (TPSA) is 48.0 Å². The van der Waals surface area contributed by atoms with Crippen molar-refractivity contribution in [3.8, 4) is 17.2 Å². The average molecular weight is 428 g/mol. The third-order valence-corrected chi connectivity index (χ3v) is 5.91. The monoisotopic (exact) mass is 427 g/mol. The number of carbonyl (C=O) groups excluding carboxylic acids is 1. The van der Waals surface area contributed by atoms with Gasteiger partial charge >= 0.3 is 0 Å². The van der Waals surface area contributed by atoms with Crippen molar-refractivity contribution in [2.75, 3.05) is 13.8 Å². The molecule has 3 aromatic carbocycles. The Balaban J connectivity index is 1.45. The molecule has 5 nitrogen and oxygen atoms in total. The van der Waals surface area contributed by atoms with Crippen LogP contribution in [0.3, 0.4) is 0 Å². The molecular weight excluding hydrogens is 402 g/mol. The van der Waals surface area contributed by atoms with Gasteiger partial charge in [-0.2, -0.15) is 0 Å². The number of methoxy groups -OCH3 is 1. The summed E-state index contributed by atoms with van der Waals surface area (Å²) in [4.78, 5) is 15.4. The van der Waals surface area contributed by atoms with Gasteiger partial charge in [0.25, 0.3) is 0 Å². The molecule has 162 valence electrons. The minimum Gasteiger partial charge on any atom is -0.497 e. The number of ketones is 1. The van der Waals surface area contributed by atoms with Crippen LogP contribution in [-0.4, -0.2) is 24.5 Å². The van der Waals surface area contributed by atoms with E-state index in [0.29, 0.717) is 30.3 Å². The maximum Gasteiger partial charge on any atom is 0.232 e. The van der Waals surface area contributed by atoms with Crippen LogP contribution in [0.2, 0.25) is 0 Å². The van der Waals surface area contributed by atoms with E-state index in [9.17, 15) is 4.79 Å². The van der Waals surface area contributed by atoms with Gasteiger partial charge in [0, 0.05) is 13.1 Å². The van der Waals surface area contributed by atoms with Crippen molar-refractivity contribution >= 4 is 11.9 Å². The fourth-order valence-corrected chi connectivity index (χ4v) is 4.21. The lowest BCUT2D eigenvalue weighted by Crippen LogP contribution is -2.31. The van der Waals surface area contributed by atoms with E-state index in [4.69, 9.17) is 14.2 Å². The van der Waals surface area contributed by atoms with Crippen LogP contribution in [0.4, 0.5) is 0 Å². The van der Waals surface area contributed by atoms with Crippen molar-refractivity contribution in [3.05, 3.63) is 93.7 Å². The maximum atomic E-state index is 13.2. The largest absolute Gasteiger partial charge is 0.497 e. The molecule has 3 aromatic rings. The van der Waals surface area contributed by atoms with Gasteiger partial charge in [-0.3, -0.25) is 9.69 Å². The quantitative estimate of drug-likeness (QED) is 0.530. The first-order valence-corrected chi connectivity index (χ1v) is 10.7. The molecule has 0 aromatic heterocycles. The number of rotatable bonds is 4.